The first-order valence-corrected chi connectivity index (χ1v) is 4.32. The second kappa shape index (κ2) is 4.09. The van der Waals surface area contributed by atoms with Gasteiger partial charge in [-0.1, -0.05) is 6.07 Å². The molecule has 0 saturated carbocycles. The Bertz CT molecular complexity index is 491. The number of aromatic nitrogens is 1. The van der Waals surface area contributed by atoms with Crippen molar-refractivity contribution >= 4 is 11.6 Å². The molecule has 1 amide bonds. The Morgan fingerprint density at radius 2 is 2.00 bits per heavy atom. The molecule has 0 aliphatic rings. The van der Waals surface area contributed by atoms with Crippen molar-refractivity contribution in [1.82, 2.24) is 4.98 Å². The topological polar surface area (TPSA) is 55.1 Å². The molecule has 0 atom stereocenters. The van der Waals surface area contributed by atoms with Crippen molar-refractivity contribution in [2.24, 2.45) is 0 Å². The monoisotopic (exact) mass is 224 g/mol. The molecule has 1 aromatic carbocycles. The van der Waals surface area contributed by atoms with Crippen LogP contribution in [0.4, 0.5) is 14.5 Å². The Morgan fingerprint density at radius 3 is 2.56 bits per heavy atom. The van der Waals surface area contributed by atoms with Gasteiger partial charge in [0.15, 0.2) is 6.39 Å². The van der Waals surface area contributed by atoms with Crippen molar-refractivity contribution < 1.29 is 18.0 Å². The van der Waals surface area contributed by atoms with Crippen LogP contribution >= 0.6 is 0 Å². The van der Waals surface area contributed by atoms with Gasteiger partial charge in [0.2, 0.25) is 5.76 Å². The second-order valence-electron chi connectivity index (χ2n) is 2.92. The van der Waals surface area contributed by atoms with Gasteiger partial charge in [0.05, 0.1) is 6.20 Å². The van der Waals surface area contributed by atoms with E-state index in [9.17, 15) is 13.6 Å². The van der Waals surface area contributed by atoms with Crippen LogP contribution in [0.3, 0.4) is 0 Å². The third-order valence-electron chi connectivity index (χ3n) is 1.86. The van der Waals surface area contributed by atoms with E-state index in [-0.39, 0.29) is 5.76 Å². The van der Waals surface area contributed by atoms with Crippen LogP contribution in [0.15, 0.2) is 35.2 Å². The van der Waals surface area contributed by atoms with Crippen LogP contribution in [0, 0.1) is 11.6 Å². The van der Waals surface area contributed by atoms with E-state index in [0.29, 0.717) is 0 Å². The molecule has 16 heavy (non-hydrogen) atoms. The van der Waals surface area contributed by atoms with Gasteiger partial charge in [-0.05, 0) is 12.1 Å². The van der Waals surface area contributed by atoms with Crippen LogP contribution in [0.2, 0.25) is 0 Å². The number of carbonyl (C=O) groups excluding carboxylic acids is 1. The third kappa shape index (κ3) is 1.90. The van der Waals surface area contributed by atoms with Gasteiger partial charge in [0.1, 0.15) is 17.3 Å². The number of amides is 1. The van der Waals surface area contributed by atoms with Gasteiger partial charge < -0.3 is 9.73 Å². The molecular formula is C10H6F2N2O2. The summed E-state index contributed by atoms with van der Waals surface area (Å²) in [7, 11) is 0. The molecule has 82 valence electrons. The molecule has 0 fully saturated rings. The highest BCUT2D eigenvalue weighted by Gasteiger charge is 2.15. The maximum absolute atomic E-state index is 13.2. The molecule has 0 spiro atoms. The van der Waals surface area contributed by atoms with Crippen molar-refractivity contribution in [1.29, 1.82) is 0 Å². The molecule has 0 bridgehead atoms. The quantitative estimate of drug-likeness (QED) is 0.850. The van der Waals surface area contributed by atoms with E-state index in [1.54, 1.807) is 0 Å². The average molecular weight is 224 g/mol. The van der Waals surface area contributed by atoms with E-state index in [4.69, 9.17) is 0 Å². The zero-order valence-electron chi connectivity index (χ0n) is 7.91. The molecule has 1 N–H and O–H groups in total. The Labute approximate surface area is 88.9 Å². The Morgan fingerprint density at radius 1 is 1.31 bits per heavy atom. The number of nitrogens with zero attached hydrogens (tertiary/aromatic N) is 1. The van der Waals surface area contributed by atoms with Gasteiger partial charge in [-0.2, -0.15) is 0 Å². The lowest BCUT2D eigenvalue weighted by Gasteiger charge is -2.04. The molecule has 1 aromatic heterocycles. The van der Waals surface area contributed by atoms with E-state index >= 15 is 0 Å². The van der Waals surface area contributed by atoms with E-state index in [1.165, 1.54) is 6.07 Å². The number of benzene rings is 1. The highest BCUT2D eigenvalue weighted by atomic mass is 19.1. The van der Waals surface area contributed by atoms with E-state index in [1.807, 2.05) is 0 Å². The molecule has 0 radical (unpaired) electrons. The SMILES string of the molecule is O=C(Nc1c(F)cccc1F)c1cnco1. The van der Waals surface area contributed by atoms with Crippen LogP contribution in [-0.2, 0) is 0 Å². The highest BCUT2D eigenvalue weighted by Crippen LogP contribution is 2.18. The fourth-order valence-corrected chi connectivity index (χ4v) is 1.12. The van der Waals surface area contributed by atoms with Gasteiger partial charge in [-0.25, -0.2) is 13.8 Å². The highest BCUT2D eigenvalue weighted by molar-refractivity contribution is 6.02. The van der Waals surface area contributed by atoms with E-state index in [0.717, 1.165) is 24.7 Å². The Balaban J connectivity index is 2.25. The fourth-order valence-electron chi connectivity index (χ4n) is 1.12. The summed E-state index contributed by atoms with van der Waals surface area (Å²) >= 11 is 0. The zero-order valence-corrected chi connectivity index (χ0v) is 7.91. The molecule has 0 saturated heterocycles. The Kier molecular flexibility index (Phi) is 2.63. The number of oxazole rings is 1. The number of nitrogens with one attached hydrogen (secondary N) is 1. The Hall–Kier alpha value is -2.24. The van der Waals surface area contributed by atoms with Crippen LogP contribution in [0.5, 0.6) is 0 Å². The maximum atomic E-state index is 13.2. The summed E-state index contributed by atoms with van der Waals surface area (Å²) in [6.07, 6.45) is 2.20. The minimum atomic E-state index is -0.854. The van der Waals surface area contributed by atoms with E-state index < -0.39 is 23.2 Å². The summed E-state index contributed by atoms with van der Waals surface area (Å²) in [6, 6.07) is 3.28. The second-order valence-corrected chi connectivity index (χ2v) is 2.92. The van der Waals surface area contributed by atoms with Gasteiger partial charge in [-0.15, -0.1) is 0 Å². The van der Waals surface area contributed by atoms with Crippen molar-refractivity contribution in [2.45, 2.75) is 0 Å². The largest absolute Gasteiger partial charge is 0.438 e. The van der Waals surface area contributed by atoms with Crippen molar-refractivity contribution in [3.63, 3.8) is 0 Å². The summed E-state index contributed by atoms with van der Waals surface area (Å²) in [6.45, 7) is 0. The first-order valence-electron chi connectivity index (χ1n) is 4.32. The number of hydrogen-bond donors (Lipinski definition) is 1. The average Bonchev–Trinajstić information content (AvgIpc) is 2.76. The van der Waals surface area contributed by atoms with E-state index in [2.05, 4.69) is 14.7 Å². The number of rotatable bonds is 2. The van der Waals surface area contributed by atoms with Gasteiger partial charge in [-0.3, -0.25) is 4.79 Å². The predicted molar refractivity (Wildman–Crippen MR) is 50.8 cm³/mol. The van der Waals surface area contributed by atoms with Crippen molar-refractivity contribution in [2.75, 3.05) is 5.32 Å². The third-order valence-corrected chi connectivity index (χ3v) is 1.86. The molecular weight excluding hydrogens is 218 g/mol. The predicted octanol–water partition coefficient (Wildman–Crippen LogP) is 2.21. The summed E-state index contributed by atoms with van der Waals surface area (Å²) in [5.41, 5.74) is -0.510. The molecule has 2 aromatic rings. The number of hydrogen-bond acceptors (Lipinski definition) is 3. The van der Waals surface area contributed by atoms with Crippen molar-refractivity contribution in [3.8, 4) is 0 Å². The smallest absolute Gasteiger partial charge is 0.293 e. The minimum absolute atomic E-state index is 0.123. The molecule has 0 unspecified atom stereocenters. The van der Waals surface area contributed by atoms with Crippen LogP contribution in [-0.4, -0.2) is 10.9 Å². The number of halogens is 2. The molecule has 4 nitrogen and oxygen atoms in total. The summed E-state index contributed by atoms with van der Waals surface area (Å²) in [5.74, 6) is -2.59. The minimum Gasteiger partial charge on any atom is -0.438 e. The molecule has 0 aliphatic carbocycles. The van der Waals surface area contributed by atoms with Gasteiger partial charge >= 0.3 is 0 Å². The van der Waals surface area contributed by atoms with Crippen LogP contribution in [0.25, 0.3) is 0 Å². The molecule has 2 rings (SSSR count). The number of para-hydroxylation sites is 1. The fraction of sp³-hybridized carbons (Fsp3) is 0. The van der Waals surface area contributed by atoms with Gasteiger partial charge in [0.25, 0.3) is 5.91 Å². The first kappa shape index (κ1) is 10.3. The molecule has 1 heterocycles. The zero-order chi connectivity index (χ0) is 11.5. The summed E-state index contributed by atoms with van der Waals surface area (Å²) in [5, 5.41) is 2.06. The lowest BCUT2D eigenvalue weighted by Crippen LogP contribution is -2.13. The number of carbonyl (C=O) groups is 1. The first-order chi connectivity index (χ1) is 7.68. The summed E-state index contributed by atoms with van der Waals surface area (Å²) < 4.78 is 31.0. The normalized spacial score (nSPS) is 10.1. The number of anilines is 1. The van der Waals surface area contributed by atoms with Crippen LogP contribution in [0.1, 0.15) is 10.6 Å². The van der Waals surface area contributed by atoms with Crippen LogP contribution < -0.4 is 5.32 Å². The molecule has 0 aliphatic heterocycles. The molecule has 6 heteroatoms. The van der Waals surface area contributed by atoms with Crippen molar-refractivity contribution in [3.05, 3.63) is 48.2 Å². The maximum Gasteiger partial charge on any atom is 0.293 e. The summed E-state index contributed by atoms with van der Waals surface area (Å²) in [4.78, 5) is 14.9. The standard InChI is InChI=1S/C10H6F2N2O2/c11-6-2-1-3-7(12)9(6)14-10(15)8-4-13-5-16-8/h1-5H,(H,14,15). The lowest BCUT2D eigenvalue weighted by molar-refractivity contribution is 0.0995. The van der Waals surface area contributed by atoms with Gasteiger partial charge in [0, 0.05) is 0 Å². The lowest BCUT2D eigenvalue weighted by atomic mass is 10.3.